The van der Waals surface area contributed by atoms with Gasteiger partial charge in [0.2, 0.25) is 0 Å². The summed E-state index contributed by atoms with van der Waals surface area (Å²) < 4.78 is 1.41. The Labute approximate surface area is 117 Å². The molecule has 0 aromatic heterocycles. The molecular formula is C15H18OS2. The summed E-state index contributed by atoms with van der Waals surface area (Å²) in [6, 6.07) is 10.5. The van der Waals surface area contributed by atoms with Crippen LogP contribution in [0.25, 0.3) is 5.57 Å². The zero-order valence-electron chi connectivity index (χ0n) is 10.8. The van der Waals surface area contributed by atoms with Gasteiger partial charge in [-0.25, -0.2) is 0 Å². The molecule has 0 spiro atoms. The van der Waals surface area contributed by atoms with Crippen LogP contribution in [0, 0.1) is 5.92 Å². The number of carbonyl (C=O) groups is 1. The maximum Gasteiger partial charge on any atom is 0.130 e. The topological polar surface area (TPSA) is 17.1 Å². The molecule has 0 amide bonds. The molecule has 1 unspecified atom stereocenters. The Morgan fingerprint density at radius 3 is 2.39 bits per heavy atom. The van der Waals surface area contributed by atoms with Crippen molar-refractivity contribution in [1.29, 1.82) is 0 Å². The first-order chi connectivity index (χ1) is 8.68. The molecule has 0 radical (unpaired) electrons. The van der Waals surface area contributed by atoms with Crippen molar-refractivity contribution in [2.24, 2.45) is 5.92 Å². The van der Waals surface area contributed by atoms with Gasteiger partial charge in [-0.1, -0.05) is 37.3 Å². The number of hydrogen-bond acceptors (Lipinski definition) is 3. The van der Waals surface area contributed by atoms with Gasteiger partial charge in [-0.2, -0.15) is 0 Å². The van der Waals surface area contributed by atoms with Crippen molar-refractivity contribution in [1.82, 2.24) is 0 Å². The molecule has 3 heteroatoms. The average molecular weight is 278 g/mol. The number of thioether (sulfide) groups is 2. The molecule has 1 saturated heterocycles. The molecule has 1 aliphatic rings. The fraction of sp³-hybridized carbons (Fsp3) is 0.400. The smallest absolute Gasteiger partial charge is 0.130 e. The van der Waals surface area contributed by atoms with E-state index >= 15 is 0 Å². The summed E-state index contributed by atoms with van der Waals surface area (Å²) >= 11 is 3.86. The summed E-state index contributed by atoms with van der Waals surface area (Å²) in [5, 5.41) is 0. The van der Waals surface area contributed by atoms with E-state index in [1.165, 1.54) is 26.9 Å². The van der Waals surface area contributed by atoms with Gasteiger partial charge in [0, 0.05) is 22.2 Å². The van der Waals surface area contributed by atoms with E-state index in [9.17, 15) is 4.79 Å². The summed E-state index contributed by atoms with van der Waals surface area (Å²) in [5.74, 6) is 2.94. The molecule has 1 aromatic carbocycles. The van der Waals surface area contributed by atoms with E-state index in [-0.39, 0.29) is 5.78 Å². The molecule has 1 fully saturated rings. The Morgan fingerprint density at radius 1 is 1.22 bits per heavy atom. The number of ketones is 1. The normalized spacial score (nSPS) is 16.7. The van der Waals surface area contributed by atoms with Crippen LogP contribution in [0.4, 0.5) is 0 Å². The third kappa shape index (κ3) is 3.42. The quantitative estimate of drug-likeness (QED) is 0.810. The van der Waals surface area contributed by atoms with Crippen LogP contribution in [0.15, 0.2) is 34.6 Å². The van der Waals surface area contributed by atoms with Crippen molar-refractivity contribution in [3.05, 3.63) is 40.1 Å². The Morgan fingerprint density at radius 2 is 1.83 bits per heavy atom. The number of benzene rings is 1. The molecule has 0 N–H and O–H groups in total. The predicted molar refractivity (Wildman–Crippen MR) is 82.7 cm³/mol. The Kier molecular flexibility index (Phi) is 4.95. The molecule has 96 valence electrons. The van der Waals surface area contributed by atoms with E-state index < -0.39 is 0 Å². The Hall–Kier alpha value is -0.670. The summed E-state index contributed by atoms with van der Waals surface area (Å²) in [6.07, 6.45) is 0.634. The Balaban J connectivity index is 2.35. The summed E-state index contributed by atoms with van der Waals surface area (Å²) in [7, 11) is 0. The third-order valence-corrected chi connectivity index (χ3v) is 5.69. The van der Waals surface area contributed by atoms with Gasteiger partial charge in [-0.05, 0) is 24.0 Å². The minimum Gasteiger partial charge on any atom is -0.300 e. The van der Waals surface area contributed by atoms with E-state index in [2.05, 4.69) is 31.2 Å². The molecular weight excluding hydrogens is 260 g/mol. The zero-order chi connectivity index (χ0) is 13.0. The second kappa shape index (κ2) is 6.48. The van der Waals surface area contributed by atoms with Crippen molar-refractivity contribution in [2.45, 2.75) is 20.3 Å². The minimum atomic E-state index is 0.268. The van der Waals surface area contributed by atoms with Crippen LogP contribution in [-0.2, 0) is 4.79 Å². The van der Waals surface area contributed by atoms with Crippen LogP contribution < -0.4 is 0 Å². The molecule has 1 nitrogen and oxygen atoms in total. The average Bonchev–Trinajstić information content (AvgIpc) is 2.83. The number of carbonyl (C=O) groups excluding carboxylic acids is 1. The lowest BCUT2D eigenvalue weighted by Gasteiger charge is -2.17. The van der Waals surface area contributed by atoms with Crippen molar-refractivity contribution < 1.29 is 4.79 Å². The fourth-order valence-corrected chi connectivity index (χ4v) is 5.04. The first-order valence-corrected chi connectivity index (χ1v) is 8.20. The zero-order valence-corrected chi connectivity index (χ0v) is 12.4. The number of Topliss-reactive ketones (excluding diaryl/α,β-unsaturated/α-hetero) is 1. The minimum absolute atomic E-state index is 0.268. The fourth-order valence-electron chi connectivity index (χ4n) is 2.22. The van der Waals surface area contributed by atoms with Gasteiger partial charge >= 0.3 is 0 Å². The van der Waals surface area contributed by atoms with Gasteiger partial charge in [-0.15, -0.1) is 23.5 Å². The maximum absolute atomic E-state index is 11.4. The highest BCUT2D eigenvalue weighted by molar-refractivity contribution is 8.25. The molecule has 1 atom stereocenters. The van der Waals surface area contributed by atoms with Gasteiger partial charge in [0.1, 0.15) is 5.78 Å². The summed E-state index contributed by atoms with van der Waals surface area (Å²) in [4.78, 5) is 11.4. The van der Waals surface area contributed by atoms with E-state index in [1.807, 2.05) is 29.6 Å². The highest BCUT2D eigenvalue weighted by Gasteiger charge is 2.21. The number of hydrogen-bond donors (Lipinski definition) is 0. The van der Waals surface area contributed by atoms with E-state index in [1.54, 1.807) is 6.92 Å². The van der Waals surface area contributed by atoms with Crippen LogP contribution in [0.2, 0.25) is 0 Å². The van der Waals surface area contributed by atoms with Crippen molar-refractivity contribution >= 4 is 34.9 Å². The monoisotopic (exact) mass is 278 g/mol. The highest BCUT2D eigenvalue weighted by Crippen LogP contribution is 2.44. The van der Waals surface area contributed by atoms with Crippen LogP contribution >= 0.6 is 23.5 Å². The molecule has 0 bridgehead atoms. The largest absolute Gasteiger partial charge is 0.300 e. The third-order valence-electron chi connectivity index (χ3n) is 2.94. The maximum atomic E-state index is 11.4. The predicted octanol–water partition coefficient (Wildman–Crippen LogP) is 4.45. The van der Waals surface area contributed by atoms with Gasteiger partial charge in [0.25, 0.3) is 0 Å². The van der Waals surface area contributed by atoms with E-state index in [4.69, 9.17) is 0 Å². The molecule has 1 aliphatic heterocycles. The number of rotatable bonds is 4. The van der Waals surface area contributed by atoms with Gasteiger partial charge in [-0.3, -0.25) is 0 Å². The van der Waals surface area contributed by atoms with Crippen LogP contribution in [0.3, 0.4) is 0 Å². The second-order valence-corrected chi connectivity index (χ2v) is 7.04. The van der Waals surface area contributed by atoms with Gasteiger partial charge < -0.3 is 4.79 Å². The van der Waals surface area contributed by atoms with E-state index in [0.717, 1.165) is 0 Å². The van der Waals surface area contributed by atoms with Crippen LogP contribution in [-0.4, -0.2) is 17.3 Å². The summed E-state index contributed by atoms with van der Waals surface area (Å²) in [6.45, 7) is 3.84. The molecule has 2 rings (SSSR count). The van der Waals surface area contributed by atoms with Crippen molar-refractivity contribution in [3.8, 4) is 0 Å². The summed E-state index contributed by atoms with van der Waals surface area (Å²) in [5.41, 5.74) is 2.63. The molecule has 18 heavy (non-hydrogen) atoms. The molecule has 0 aliphatic carbocycles. The SMILES string of the molecule is CC(=O)CC(C)C(=C1SCCS1)c1ccccc1. The van der Waals surface area contributed by atoms with Crippen molar-refractivity contribution in [3.63, 3.8) is 0 Å². The molecule has 1 heterocycles. The van der Waals surface area contributed by atoms with Crippen molar-refractivity contribution in [2.75, 3.05) is 11.5 Å². The molecule has 0 saturated carbocycles. The lowest BCUT2D eigenvalue weighted by Crippen LogP contribution is -2.05. The van der Waals surface area contributed by atoms with Gasteiger partial charge in [0.15, 0.2) is 0 Å². The first-order valence-electron chi connectivity index (χ1n) is 6.23. The standard InChI is InChI=1S/C15H18OS2/c1-11(10-12(2)16)14(15-17-8-9-18-15)13-6-4-3-5-7-13/h3-7,11H,8-10H2,1-2H3. The van der Waals surface area contributed by atoms with Crippen LogP contribution in [0.5, 0.6) is 0 Å². The number of allylic oxidation sites excluding steroid dienone is 1. The lowest BCUT2D eigenvalue weighted by atomic mass is 9.91. The van der Waals surface area contributed by atoms with E-state index in [0.29, 0.717) is 12.3 Å². The second-order valence-electron chi connectivity index (χ2n) is 4.57. The molecule has 1 aromatic rings. The Bertz CT molecular complexity index is 443. The van der Waals surface area contributed by atoms with Gasteiger partial charge in [0.05, 0.1) is 0 Å². The first kappa shape index (κ1) is 13.8. The van der Waals surface area contributed by atoms with Crippen LogP contribution in [0.1, 0.15) is 25.8 Å². The lowest BCUT2D eigenvalue weighted by molar-refractivity contribution is -0.117. The highest BCUT2D eigenvalue weighted by atomic mass is 32.2.